The third-order valence-electron chi connectivity index (χ3n) is 4.38. The van der Waals surface area contributed by atoms with Gasteiger partial charge < -0.3 is 33.3 Å². The molecular weight excluding hydrogens is 478 g/mol. The van der Waals surface area contributed by atoms with Crippen molar-refractivity contribution in [3.63, 3.8) is 0 Å². The summed E-state index contributed by atoms with van der Waals surface area (Å²) < 4.78 is 55.6. The molecule has 0 radical (unpaired) electrons. The van der Waals surface area contributed by atoms with Gasteiger partial charge >= 0.3 is 0 Å². The van der Waals surface area contributed by atoms with Gasteiger partial charge in [-0.25, -0.2) is 18.2 Å². The molecule has 0 aliphatic carbocycles. The quantitative estimate of drug-likeness (QED) is 0.0968. The molecule has 0 amide bonds. The number of thiocarbonyl (C=S) groups is 1. The molecule has 11 nitrogen and oxygen atoms in total. The molecule has 1 aliphatic heterocycles. The molecule has 0 N–H and O–H groups in total. The van der Waals surface area contributed by atoms with Crippen LogP contribution in [0, 0.1) is 0 Å². The number of nitrogens with zero attached hydrogens (tertiary/aromatic N) is 1. The van der Waals surface area contributed by atoms with Gasteiger partial charge in [-0.05, 0) is 18.6 Å². The molecule has 1 unspecified atom stereocenters. The summed E-state index contributed by atoms with van der Waals surface area (Å²) in [6.07, 6.45) is 0.413. The highest BCUT2D eigenvalue weighted by molar-refractivity contribution is 7.91. The van der Waals surface area contributed by atoms with E-state index in [2.05, 4.69) is 0 Å². The van der Waals surface area contributed by atoms with Crippen LogP contribution in [0.4, 0.5) is 0 Å². The largest absolute Gasteiger partial charge is 0.468 e. The summed E-state index contributed by atoms with van der Waals surface area (Å²) in [4.78, 5) is 12.0. The normalized spacial score (nSPS) is 16.6. The molecule has 0 aromatic rings. The minimum Gasteiger partial charge on any atom is -0.468 e. The molecule has 0 spiro atoms. The van der Waals surface area contributed by atoms with Crippen LogP contribution in [0.1, 0.15) is 13.3 Å². The predicted molar refractivity (Wildman–Crippen MR) is 125 cm³/mol. The van der Waals surface area contributed by atoms with Crippen LogP contribution in [0.3, 0.4) is 0 Å². The minimum absolute atomic E-state index is 0.0757. The second kappa shape index (κ2) is 19.6. The van der Waals surface area contributed by atoms with Crippen LogP contribution in [-0.2, 0) is 48.0 Å². The lowest BCUT2D eigenvalue weighted by Gasteiger charge is -2.29. The van der Waals surface area contributed by atoms with Gasteiger partial charge in [0.05, 0.1) is 71.0 Å². The van der Waals surface area contributed by atoms with Gasteiger partial charge in [-0.1, -0.05) is 6.92 Å². The average molecular weight is 518 g/mol. The van der Waals surface area contributed by atoms with Gasteiger partial charge in [-0.2, -0.15) is 0 Å². The zero-order chi connectivity index (χ0) is 24.2. The third kappa shape index (κ3) is 16.6. The summed E-state index contributed by atoms with van der Waals surface area (Å²) >= 11 is 5.28. The Labute approximate surface area is 202 Å². The minimum atomic E-state index is -2.98. The van der Waals surface area contributed by atoms with Crippen LogP contribution in [0.25, 0.3) is 0 Å². The van der Waals surface area contributed by atoms with Crippen molar-refractivity contribution in [2.75, 3.05) is 104 Å². The Bertz CT molecular complexity index is 579. The Morgan fingerprint density at radius 2 is 1.42 bits per heavy atom. The Morgan fingerprint density at radius 1 is 0.848 bits per heavy atom. The fraction of sp³-hybridized carbons (Fsp3) is 0.950. The number of hydrogen-bond acceptors (Lipinski definition) is 11. The van der Waals surface area contributed by atoms with E-state index in [1.807, 2.05) is 6.92 Å². The molecule has 0 bridgehead atoms. The molecule has 13 heteroatoms. The van der Waals surface area contributed by atoms with E-state index in [0.29, 0.717) is 72.6 Å². The first-order valence-corrected chi connectivity index (χ1v) is 13.4. The number of methoxy groups -OCH3 is 1. The van der Waals surface area contributed by atoms with E-state index in [-0.39, 0.29) is 29.9 Å². The molecule has 1 saturated heterocycles. The topological polar surface area (TPSA) is 111 Å². The first kappa shape index (κ1) is 30.4. The summed E-state index contributed by atoms with van der Waals surface area (Å²) in [6.45, 7) is 7.22. The molecule has 1 rings (SSSR count). The molecule has 196 valence electrons. The Hall–Kier alpha value is -0.640. The van der Waals surface area contributed by atoms with Crippen molar-refractivity contribution in [1.29, 1.82) is 0 Å². The van der Waals surface area contributed by atoms with Gasteiger partial charge in [-0.15, -0.1) is 0 Å². The van der Waals surface area contributed by atoms with Crippen molar-refractivity contribution < 1.29 is 46.6 Å². The maximum atomic E-state index is 11.6. The Morgan fingerprint density at radius 3 is 2.00 bits per heavy atom. The van der Waals surface area contributed by atoms with E-state index < -0.39 is 15.9 Å². The van der Waals surface area contributed by atoms with Gasteiger partial charge in [0.2, 0.25) is 0 Å². The molecule has 1 atom stereocenters. The first-order valence-electron chi connectivity index (χ1n) is 11.2. The smallest absolute Gasteiger partial charge is 0.259 e. The summed E-state index contributed by atoms with van der Waals surface area (Å²) in [6, 6.07) is 0. The highest BCUT2D eigenvalue weighted by atomic mass is 32.2. The van der Waals surface area contributed by atoms with Crippen LogP contribution in [0.5, 0.6) is 0 Å². The number of rotatable bonds is 20. The summed E-state index contributed by atoms with van der Waals surface area (Å²) in [5, 5.41) is 0.257. The van der Waals surface area contributed by atoms with Crippen LogP contribution >= 0.6 is 12.2 Å². The van der Waals surface area contributed by atoms with Crippen molar-refractivity contribution in [2.45, 2.75) is 19.4 Å². The van der Waals surface area contributed by atoms with Crippen molar-refractivity contribution in [3.05, 3.63) is 0 Å². The summed E-state index contributed by atoms with van der Waals surface area (Å²) in [7, 11) is -1.35. The van der Waals surface area contributed by atoms with Crippen molar-refractivity contribution in [1.82, 2.24) is 4.90 Å². The van der Waals surface area contributed by atoms with Crippen molar-refractivity contribution in [2.24, 2.45) is 0 Å². The summed E-state index contributed by atoms with van der Waals surface area (Å²) in [5.41, 5.74) is 0. The zero-order valence-electron chi connectivity index (χ0n) is 19.7. The lowest BCUT2D eigenvalue weighted by atomic mass is 10.4. The molecule has 1 fully saturated rings. The van der Waals surface area contributed by atoms with E-state index >= 15 is 0 Å². The molecule has 0 saturated carbocycles. The SMILES string of the molecule is CCCOOCC(COC(=S)N1CCS(=O)(=O)CC1)OCCOCCOCCOCCOC. The molecule has 1 heterocycles. The molecule has 0 aromatic heterocycles. The van der Waals surface area contributed by atoms with Gasteiger partial charge in [0.1, 0.15) is 19.3 Å². The Kier molecular flexibility index (Phi) is 18.1. The summed E-state index contributed by atoms with van der Waals surface area (Å²) in [5.74, 6) is 0.151. The predicted octanol–water partition coefficient (Wildman–Crippen LogP) is 0.458. The molecule has 33 heavy (non-hydrogen) atoms. The average Bonchev–Trinajstić information content (AvgIpc) is 2.80. The molecule has 0 aromatic carbocycles. The fourth-order valence-corrected chi connectivity index (χ4v) is 3.97. The Balaban J connectivity index is 2.17. The van der Waals surface area contributed by atoms with E-state index in [0.717, 1.165) is 6.42 Å². The van der Waals surface area contributed by atoms with Crippen LogP contribution in [0.2, 0.25) is 0 Å². The first-order chi connectivity index (χ1) is 16.0. The molecule has 1 aliphatic rings. The van der Waals surface area contributed by atoms with Crippen LogP contribution in [0.15, 0.2) is 0 Å². The van der Waals surface area contributed by atoms with Crippen LogP contribution in [-0.4, -0.2) is 129 Å². The van der Waals surface area contributed by atoms with Gasteiger partial charge in [0.25, 0.3) is 5.17 Å². The van der Waals surface area contributed by atoms with Crippen LogP contribution < -0.4 is 0 Å². The lowest BCUT2D eigenvalue weighted by molar-refractivity contribution is -0.308. The lowest BCUT2D eigenvalue weighted by Crippen LogP contribution is -2.44. The van der Waals surface area contributed by atoms with Crippen molar-refractivity contribution >= 4 is 27.2 Å². The zero-order valence-corrected chi connectivity index (χ0v) is 21.4. The van der Waals surface area contributed by atoms with Gasteiger partial charge in [0.15, 0.2) is 9.84 Å². The van der Waals surface area contributed by atoms with E-state index in [1.54, 1.807) is 12.0 Å². The highest BCUT2D eigenvalue weighted by Crippen LogP contribution is 2.07. The maximum absolute atomic E-state index is 11.6. The second-order valence-corrected chi connectivity index (χ2v) is 9.80. The van der Waals surface area contributed by atoms with Gasteiger partial charge in [0, 0.05) is 20.2 Å². The maximum Gasteiger partial charge on any atom is 0.259 e. The number of hydrogen-bond donors (Lipinski definition) is 0. The molecular formula is C20H39NO10S2. The second-order valence-electron chi connectivity index (χ2n) is 7.14. The van der Waals surface area contributed by atoms with E-state index in [1.165, 1.54) is 0 Å². The highest BCUT2D eigenvalue weighted by Gasteiger charge is 2.24. The number of ether oxygens (including phenoxy) is 6. The van der Waals surface area contributed by atoms with Crippen molar-refractivity contribution in [3.8, 4) is 0 Å². The van der Waals surface area contributed by atoms with E-state index in [4.69, 9.17) is 50.4 Å². The van der Waals surface area contributed by atoms with Gasteiger partial charge in [-0.3, -0.25) is 0 Å². The number of sulfone groups is 1. The fourth-order valence-electron chi connectivity index (χ4n) is 2.52. The third-order valence-corrected chi connectivity index (χ3v) is 6.36. The monoisotopic (exact) mass is 517 g/mol. The standard InChI is InChI=1S/C20H39NO10S2/c1-3-6-30-31-18-19(17-29-20(32)21-4-15-33(22,23)16-5-21)28-14-13-27-12-11-26-10-9-25-8-7-24-2/h19H,3-18H2,1-2H3. The van der Waals surface area contributed by atoms with E-state index in [9.17, 15) is 8.42 Å².